The molecule has 0 radical (unpaired) electrons. The van der Waals surface area contributed by atoms with Crippen LogP contribution in [0, 0.1) is 6.92 Å². The van der Waals surface area contributed by atoms with Crippen LogP contribution in [-0.2, 0) is 13.1 Å². The van der Waals surface area contributed by atoms with E-state index in [4.69, 9.17) is 4.74 Å². The van der Waals surface area contributed by atoms with Gasteiger partial charge in [-0.1, -0.05) is 45.8 Å². The van der Waals surface area contributed by atoms with Crippen molar-refractivity contribution in [3.05, 3.63) is 63.6 Å². The molecule has 0 aromatic heterocycles. The lowest BCUT2D eigenvalue weighted by Gasteiger charge is -2.18. The fourth-order valence-corrected chi connectivity index (χ4v) is 2.52. The Hall–Kier alpha value is -1.32. The molecule has 2 aromatic carbocycles. The van der Waals surface area contributed by atoms with E-state index in [9.17, 15) is 0 Å². The second-order valence-corrected chi connectivity index (χ2v) is 5.97. The molecule has 0 spiro atoms. The van der Waals surface area contributed by atoms with Crippen molar-refractivity contribution in [2.24, 2.45) is 0 Å². The van der Waals surface area contributed by atoms with E-state index in [0.717, 1.165) is 23.3 Å². The summed E-state index contributed by atoms with van der Waals surface area (Å²) in [5, 5.41) is 0. The SMILES string of the molecule is COc1ccc(Br)c(CN(C)Cc2ccc(C)cc2)c1. The molecular formula is C17H20BrNO. The first-order valence-corrected chi connectivity index (χ1v) is 7.44. The van der Waals surface area contributed by atoms with Crippen molar-refractivity contribution in [1.82, 2.24) is 4.90 Å². The molecule has 0 N–H and O–H groups in total. The van der Waals surface area contributed by atoms with Crippen molar-refractivity contribution in [2.45, 2.75) is 20.0 Å². The Labute approximate surface area is 129 Å². The number of benzene rings is 2. The van der Waals surface area contributed by atoms with Gasteiger partial charge in [-0.25, -0.2) is 0 Å². The molecule has 2 rings (SSSR count). The minimum atomic E-state index is 0.881. The molecule has 20 heavy (non-hydrogen) atoms. The molecule has 0 aliphatic rings. The van der Waals surface area contributed by atoms with Crippen LogP contribution in [-0.4, -0.2) is 19.1 Å². The van der Waals surface area contributed by atoms with Crippen molar-refractivity contribution in [3.8, 4) is 5.75 Å². The van der Waals surface area contributed by atoms with Gasteiger partial charge in [-0.05, 0) is 43.3 Å². The van der Waals surface area contributed by atoms with Crippen molar-refractivity contribution in [3.63, 3.8) is 0 Å². The van der Waals surface area contributed by atoms with Crippen LogP contribution < -0.4 is 4.74 Å². The normalized spacial score (nSPS) is 10.8. The van der Waals surface area contributed by atoms with Crippen LogP contribution in [0.1, 0.15) is 16.7 Å². The number of methoxy groups -OCH3 is 1. The zero-order valence-electron chi connectivity index (χ0n) is 12.2. The van der Waals surface area contributed by atoms with E-state index in [1.807, 2.05) is 12.1 Å². The number of nitrogens with zero attached hydrogens (tertiary/aromatic N) is 1. The standard InChI is InChI=1S/C17H20BrNO/c1-13-4-6-14(7-5-13)11-19(2)12-15-10-16(20-3)8-9-17(15)18/h4-10H,11-12H2,1-3H3. The first kappa shape index (κ1) is 15.1. The Kier molecular flexibility index (Phi) is 5.21. The van der Waals surface area contributed by atoms with Gasteiger partial charge in [0.1, 0.15) is 5.75 Å². The number of hydrogen-bond donors (Lipinski definition) is 0. The zero-order valence-corrected chi connectivity index (χ0v) is 13.8. The molecule has 2 aromatic rings. The van der Waals surface area contributed by atoms with Gasteiger partial charge < -0.3 is 4.74 Å². The zero-order chi connectivity index (χ0) is 14.5. The van der Waals surface area contributed by atoms with Gasteiger partial charge in [-0.3, -0.25) is 4.90 Å². The molecule has 0 saturated heterocycles. The Balaban J connectivity index is 2.04. The number of ether oxygens (including phenoxy) is 1. The molecule has 0 saturated carbocycles. The molecule has 2 nitrogen and oxygen atoms in total. The molecule has 0 atom stereocenters. The van der Waals surface area contributed by atoms with Crippen molar-refractivity contribution >= 4 is 15.9 Å². The Bertz CT molecular complexity index is 566. The first-order valence-electron chi connectivity index (χ1n) is 6.65. The van der Waals surface area contributed by atoms with Crippen LogP contribution in [0.4, 0.5) is 0 Å². The van der Waals surface area contributed by atoms with E-state index in [2.05, 4.69) is 65.1 Å². The third-order valence-electron chi connectivity index (χ3n) is 3.27. The van der Waals surface area contributed by atoms with Crippen LogP contribution >= 0.6 is 15.9 Å². The highest BCUT2D eigenvalue weighted by Crippen LogP contribution is 2.24. The van der Waals surface area contributed by atoms with Crippen LogP contribution in [0.15, 0.2) is 46.9 Å². The summed E-state index contributed by atoms with van der Waals surface area (Å²) in [6, 6.07) is 14.8. The number of halogens is 1. The summed E-state index contributed by atoms with van der Waals surface area (Å²) < 4.78 is 6.40. The highest BCUT2D eigenvalue weighted by atomic mass is 79.9. The van der Waals surface area contributed by atoms with Gasteiger partial charge in [0.2, 0.25) is 0 Å². The van der Waals surface area contributed by atoms with Gasteiger partial charge in [-0.2, -0.15) is 0 Å². The minimum absolute atomic E-state index is 0.881. The van der Waals surface area contributed by atoms with E-state index in [0.29, 0.717) is 0 Å². The van der Waals surface area contributed by atoms with Gasteiger partial charge in [-0.15, -0.1) is 0 Å². The van der Waals surface area contributed by atoms with Crippen LogP contribution in [0.25, 0.3) is 0 Å². The number of rotatable bonds is 5. The van der Waals surface area contributed by atoms with E-state index in [1.165, 1.54) is 16.7 Å². The molecule has 0 aliphatic heterocycles. The maximum Gasteiger partial charge on any atom is 0.119 e. The Morgan fingerprint density at radius 3 is 2.40 bits per heavy atom. The van der Waals surface area contributed by atoms with E-state index < -0.39 is 0 Å². The predicted molar refractivity (Wildman–Crippen MR) is 87.0 cm³/mol. The third-order valence-corrected chi connectivity index (χ3v) is 4.04. The predicted octanol–water partition coefficient (Wildman–Crippen LogP) is 4.40. The maximum atomic E-state index is 5.28. The first-order chi connectivity index (χ1) is 9.58. The fraction of sp³-hybridized carbons (Fsp3) is 0.294. The second kappa shape index (κ2) is 6.91. The minimum Gasteiger partial charge on any atom is -0.497 e. The summed E-state index contributed by atoms with van der Waals surface area (Å²) in [5.74, 6) is 0.895. The van der Waals surface area contributed by atoms with Gasteiger partial charge in [0, 0.05) is 17.6 Å². The van der Waals surface area contributed by atoms with E-state index in [-0.39, 0.29) is 0 Å². The molecule has 0 amide bonds. The third kappa shape index (κ3) is 4.09. The summed E-state index contributed by atoms with van der Waals surface area (Å²) in [5.41, 5.74) is 3.86. The number of hydrogen-bond acceptors (Lipinski definition) is 2. The van der Waals surface area contributed by atoms with Crippen LogP contribution in [0.3, 0.4) is 0 Å². The van der Waals surface area contributed by atoms with Crippen LogP contribution in [0.5, 0.6) is 5.75 Å². The summed E-state index contributed by atoms with van der Waals surface area (Å²) in [6.45, 7) is 3.93. The lowest BCUT2D eigenvalue weighted by Crippen LogP contribution is -2.17. The molecule has 0 heterocycles. The molecule has 3 heteroatoms. The molecule has 0 bridgehead atoms. The maximum absolute atomic E-state index is 5.28. The second-order valence-electron chi connectivity index (χ2n) is 5.12. The average molecular weight is 334 g/mol. The van der Waals surface area contributed by atoms with Crippen molar-refractivity contribution < 1.29 is 4.74 Å². The van der Waals surface area contributed by atoms with E-state index >= 15 is 0 Å². The van der Waals surface area contributed by atoms with Gasteiger partial charge in [0.05, 0.1) is 7.11 Å². The molecular weight excluding hydrogens is 314 g/mol. The fourth-order valence-electron chi connectivity index (χ4n) is 2.15. The smallest absolute Gasteiger partial charge is 0.119 e. The Morgan fingerprint density at radius 2 is 1.75 bits per heavy atom. The Morgan fingerprint density at radius 1 is 1.05 bits per heavy atom. The topological polar surface area (TPSA) is 12.5 Å². The van der Waals surface area contributed by atoms with Gasteiger partial charge >= 0.3 is 0 Å². The number of aryl methyl sites for hydroxylation is 1. The average Bonchev–Trinajstić information content (AvgIpc) is 2.44. The van der Waals surface area contributed by atoms with Crippen molar-refractivity contribution in [2.75, 3.05) is 14.2 Å². The van der Waals surface area contributed by atoms with Crippen LogP contribution in [0.2, 0.25) is 0 Å². The molecule has 0 fully saturated rings. The molecule has 0 aliphatic carbocycles. The summed E-state index contributed by atoms with van der Waals surface area (Å²) in [6.07, 6.45) is 0. The lowest BCUT2D eigenvalue weighted by atomic mass is 10.1. The van der Waals surface area contributed by atoms with Gasteiger partial charge in [0.25, 0.3) is 0 Å². The molecule has 0 unspecified atom stereocenters. The van der Waals surface area contributed by atoms with Crippen molar-refractivity contribution in [1.29, 1.82) is 0 Å². The quantitative estimate of drug-likeness (QED) is 0.804. The summed E-state index contributed by atoms with van der Waals surface area (Å²) >= 11 is 3.60. The molecule has 106 valence electrons. The largest absolute Gasteiger partial charge is 0.497 e. The van der Waals surface area contributed by atoms with E-state index in [1.54, 1.807) is 7.11 Å². The highest BCUT2D eigenvalue weighted by Gasteiger charge is 2.06. The summed E-state index contributed by atoms with van der Waals surface area (Å²) in [7, 11) is 3.83. The highest BCUT2D eigenvalue weighted by molar-refractivity contribution is 9.10. The summed E-state index contributed by atoms with van der Waals surface area (Å²) in [4.78, 5) is 2.30. The lowest BCUT2D eigenvalue weighted by molar-refractivity contribution is 0.317. The monoisotopic (exact) mass is 333 g/mol. The van der Waals surface area contributed by atoms with Gasteiger partial charge in [0.15, 0.2) is 0 Å².